The summed E-state index contributed by atoms with van der Waals surface area (Å²) >= 11 is 0. The highest BCUT2D eigenvalue weighted by atomic mass is 16.6. The van der Waals surface area contributed by atoms with Gasteiger partial charge in [-0.15, -0.1) is 0 Å². The molecule has 1 saturated carbocycles. The Morgan fingerprint density at radius 3 is 1.19 bits per heavy atom. The quantitative estimate of drug-likeness (QED) is 0.0282. The van der Waals surface area contributed by atoms with E-state index in [1.807, 2.05) is 124 Å². The lowest BCUT2D eigenvalue weighted by Gasteiger charge is -2.35. The van der Waals surface area contributed by atoms with E-state index in [1.165, 1.54) is 66.6 Å². The molecule has 3 aliphatic heterocycles. The summed E-state index contributed by atoms with van der Waals surface area (Å²) in [6, 6.07) is 80.1. The summed E-state index contributed by atoms with van der Waals surface area (Å²) in [7, 11) is 0. The Morgan fingerprint density at radius 2 is 0.815 bits per heavy atom. The second kappa shape index (κ2) is 38.7. The van der Waals surface area contributed by atoms with Gasteiger partial charge in [-0.25, -0.2) is 4.79 Å². The Balaban J connectivity index is 0.000000162. The first-order chi connectivity index (χ1) is 52.4. The number of benzene rings is 9. The highest BCUT2D eigenvalue weighted by molar-refractivity contribution is 6.01. The fourth-order valence-corrected chi connectivity index (χ4v) is 15.0. The molecule has 2 unspecified atom stereocenters. The molecule has 564 valence electrons. The molecule has 9 aromatic rings. The van der Waals surface area contributed by atoms with Crippen LogP contribution in [0.2, 0.25) is 0 Å². The van der Waals surface area contributed by atoms with E-state index in [0.29, 0.717) is 56.8 Å². The maximum absolute atomic E-state index is 12.3. The standard InChI is InChI=1S/C34H42N2O5.C30H31NO3.C30H35NO2/c1-34(2,3)41-33(39)36-21-19-35(20-22-36)23-25-40-30-17-13-28(14-18-30)32(27-11-15-29(38)16-12-27)31(10-7-24-37)26-8-5-4-6-9-26;32-27-14-10-24(11-15-27)30(28(16-17-29(33)34)22-4-2-1-3-5-22)23-8-6-21(7-9-23)25-18-19-31(20-25)26-12-13-26;1-22(2)31-19-18-27(21-31)23-10-12-25(13-11-23)30(26-14-16-28(33)17-15-26)29(9-6-20-32)24-7-4-3-5-8-24/h4-6,8-9,11-18,37-38H,7,10,19-25H2,1-3H3;1-11,14-15,25-26,32H,12-13,16-20H2,(H,33,34);3-5,7-8,10-17,22,27,32-33H,6,9,18-21H2,1-2H3/b32-31-;30-28+;30-29+. The number of carboxylic acids is 1. The second-order valence-corrected chi connectivity index (χ2v) is 30.1. The van der Waals surface area contributed by atoms with Crippen LogP contribution in [0.15, 0.2) is 237 Å². The highest BCUT2D eigenvalue weighted by Crippen LogP contribution is 2.42. The summed E-state index contributed by atoms with van der Waals surface area (Å²) < 4.78 is 11.6. The van der Waals surface area contributed by atoms with Crippen LogP contribution >= 0.6 is 0 Å². The van der Waals surface area contributed by atoms with Gasteiger partial charge in [0.05, 0.1) is 0 Å². The number of piperazine rings is 1. The third kappa shape index (κ3) is 22.3. The van der Waals surface area contributed by atoms with E-state index in [4.69, 9.17) is 9.47 Å². The van der Waals surface area contributed by atoms with Crippen molar-refractivity contribution in [3.8, 4) is 23.0 Å². The van der Waals surface area contributed by atoms with Crippen LogP contribution in [0.3, 0.4) is 0 Å². The van der Waals surface area contributed by atoms with Crippen molar-refractivity contribution in [1.82, 2.24) is 19.6 Å². The lowest BCUT2D eigenvalue weighted by Crippen LogP contribution is -2.50. The van der Waals surface area contributed by atoms with Crippen LogP contribution in [-0.2, 0) is 9.53 Å². The zero-order chi connectivity index (χ0) is 75.9. The molecule has 1 aliphatic carbocycles. The first-order valence-electron chi connectivity index (χ1n) is 38.7. The molecule has 2 atom stereocenters. The van der Waals surface area contributed by atoms with Crippen molar-refractivity contribution >= 4 is 45.5 Å². The lowest BCUT2D eigenvalue weighted by molar-refractivity contribution is -0.136. The summed E-state index contributed by atoms with van der Waals surface area (Å²) in [6.07, 6.45) is 8.22. The Hall–Kier alpha value is -10.1. The van der Waals surface area contributed by atoms with Gasteiger partial charge in [0.2, 0.25) is 0 Å². The van der Waals surface area contributed by atoms with Gasteiger partial charge in [-0.3, -0.25) is 14.6 Å². The van der Waals surface area contributed by atoms with Crippen LogP contribution in [-0.4, -0.2) is 159 Å². The van der Waals surface area contributed by atoms with Crippen LogP contribution < -0.4 is 4.74 Å². The van der Waals surface area contributed by atoms with E-state index in [0.717, 1.165) is 124 Å². The largest absolute Gasteiger partial charge is 0.508 e. The molecule has 14 heteroatoms. The molecule has 3 saturated heterocycles. The molecular formula is C94H108N4O10. The molecule has 0 aromatic heterocycles. The number of aliphatic carboxylic acids is 1. The fraction of sp³-hybridized carbons (Fsp3) is 0.340. The van der Waals surface area contributed by atoms with Gasteiger partial charge >= 0.3 is 12.1 Å². The van der Waals surface area contributed by atoms with Crippen molar-refractivity contribution in [2.75, 3.05) is 78.7 Å². The van der Waals surface area contributed by atoms with Gasteiger partial charge < -0.3 is 49.9 Å². The fourth-order valence-electron chi connectivity index (χ4n) is 15.0. The van der Waals surface area contributed by atoms with Crippen molar-refractivity contribution in [3.63, 3.8) is 0 Å². The maximum Gasteiger partial charge on any atom is 0.410 e. The van der Waals surface area contributed by atoms with E-state index in [1.54, 1.807) is 41.3 Å². The number of ether oxygens (including phenoxy) is 2. The number of phenols is 3. The van der Waals surface area contributed by atoms with Crippen LogP contribution in [0.4, 0.5) is 4.79 Å². The summed E-state index contributed by atoms with van der Waals surface area (Å²) in [6.45, 7) is 19.3. The first kappa shape index (κ1) is 79.0. The number of amides is 1. The zero-order valence-corrected chi connectivity index (χ0v) is 63.5. The van der Waals surface area contributed by atoms with E-state index in [2.05, 4.69) is 126 Å². The Bertz CT molecular complexity index is 4390. The Morgan fingerprint density at radius 1 is 0.435 bits per heavy atom. The molecule has 13 rings (SSSR count). The van der Waals surface area contributed by atoms with Gasteiger partial charge in [-0.2, -0.15) is 0 Å². The number of carbonyl (C=O) groups excluding carboxylic acids is 1. The minimum Gasteiger partial charge on any atom is -0.508 e. The van der Waals surface area contributed by atoms with Crippen molar-refractivity contribution in [2.24, 2.45) is 0 Å². The van der Waals surface area contributed by atoms with Gasteiger partial charge in [-0.05, 0) is 260 Å². The highest BCUT2D eigenvalue weighted by Gasteiger charge is 2.35. The van der Waals surface area contributed by atoms with Crippen LogP contribution in [0.5, 0.6) is 23.0 Å². The Labute approximate surface area is 639 Å². The number of carbonyl (C=O) groups is 2. The molecule has 14 nitrogen and oxygen atoms in total. The van der Waals surface area contributed by atoms with E-state index < -0.39 is 11.6 Å². The lowest BCUT2D eigenvalue weighted by atomic mass is 9.86. The number of phenolic OH excluding ortho intramolecular Hbond substituents is 3. The molecule has 108 heavy (non-hydrogen) atoms. The molecule has 3 heterocycles. The van der Waals surface area contributed by atoms with Crippen LogP contribution in [0.1, 0.15) is 172 Å². The molecule has 0 bridgehead atoms. The maximum atomic E-state index is 12.3. The molecule has 9 aromatic carbocycles. The van der Waals surface area contributed by atoms with Gasteiger partial charge in [-0.1, -0.05) is 188 Å². The Kier molecular flexibility index (Phi) is 28.3. The van der Waals surface area contributed by atoms with Crippen LogP contribution in [0.25, 0.3) is 33.4 Å². The number of hydrogen-bond donors (Lipinski definition) is 6. The topological polar surface area (TPSA) is 187 Å². The molecule has 1 amide bonds. The van der Waals surface area contributed by atoms with Crippen molar-refractivity contribution in [1.29, 1.82) is 0 Å². The minimum atomic E-state index is -0.810. The van der Waals surface area contributed by atoms with Crippen molar-refractivity contribution in [3.05, 3.63) is 298 Å². The number of aliphatic hydroxyl groups is 2. The van der Waals surface area contributed by atoms with Crippen molar-refractivity contribution < 1.29 is 49.7 Å². The van der Waals surface area contributed by atoms with Gasteiger partial charge in [0, 0.05) is 77.5 Å². The number of aliphatic hydroxyl groups excluding tert-OH is 2. The summed E-state index contributed by atoms with van der Waals surface area (Å²) in [5, 5.41) is 58.3. The number of hydrogen-bond acceptors (Lipinski definition) is 12. The van der Waals surface area contributed by atoms with E-state index in [9.17, 15) is 40.2 Å². The smallest absolute Gasteiger partial charge is 0.410 e. The summed E-state index contributed by atoms with van der Waals surface area (Å²) in [4.78, 5) is 33.1. The normalized spacial score (nSPS) is 17.0. The molecule has 4 fully saturated rings. The number of rotatable bonds is 26. The zero-order valence-electron chi connectivity index (χ0n) is 63.5. The number of nitrogens with zero attached hydrogens (tertiary/aromatic N) is 4. The molecule has 6 N–H and O–H groups in total. The SMILES string of the molecule is CC(C)(C)OC(=O)N1CCN(CCOc2ccc(/C(=C(/CCCO)c3ccccc3)c3ccc(O)cc3)cc2)CC1.CC(C)N1CCC(c2ccc(/C(=C(/CCCO)c3ccccc3)c3ccc(O)cc3)cc2)C1.O=C(O)CC/C(=C(\c1ccc(O)cc1)c1ccc(C2CCN(C3CC3)C2)cc1)c1ccccc1. The third-order valence-electron chi connectivity index (χ3n) is 20.9. The van der Waals surface area contributed by atoms with Gasteiger partial charge in [0.1, 0.15) is 35.2 Å². The molecule has 4 aliphatic rings. The molecule has 0 radical (unpaired) electrons. The second-order valence-electron chi connectivity index (χ2n) is 30.1. The molecule has 0 spiro atoms. The number of carboxylic acid groups (broad SMARTS) is 1. The monoisotopic (exact) mass is 1450 g/mol. The van der Waals surface area contributed by atoms with Crippen molar-refractivity contribution in [2.45, 2.75) is 128 Å². The predicted molar refractivity (Wildman–Crippen MR) is 436 cm³/mol. The summed E-state index contributed by atoms with van der Waals surface area (Å²) in [5.41, 5.74) is 18.5. The van der Waals surface area contributed by atoms with E-state index in [-0.39, 0.29) is 43.0 Å². The van der Waals surface area contributed by atoms with Crippen LogP contribution in [0, 0.1) is 0 Å². The van der Waals surface area contributed by atoms with E-state index >= 15 is 0 Å². The molecular weight excluding hydrogens is 1350 g/mol. The average Bonchev–Trinajstić information content (AvgIpc) is 0.911. The number of allylic oxidation sites excluding steroid dienone is 3. The first-order valence-corrected chi connectivity index (χ1v) is 38.7. The average molecular weight is 1450 g/mol. The number of likely N-dealkylation sites (tertiary alicyclic amines) is 2. The number of aromatic hydroxyl groups is 3. The summed E-state index contributed by atoms with van der Waals surface area (Å²) in [5.74, 6) is 1.85. The van der Waals surface area contributed by atoms with Gasteiger partial charge in [0.25, 0.3) is 0 Å². The van der Waals surface area contributed by atoms with Gasteiger partial charge in [0.15, 0.2) is 0 Å². The third-order valence-corrected chi connectivity index (χ3v) is 20.9. The minimum absolute atomic E-state index is 0.0585. The predicted octanol–water partition coefficient (Wildman–Crippen LogP) is 18.5.